The molecule has 0 saturated carbocycles. The molecule has 1 aliphatic heterocycles. The Kier molecular flexibility index (Phi) is 4.31. The number of rotatable bonds is 4. The van der Waals surface area contributed by atoms with Crippen molar-refractivity contribution in [3.8, 4) is 11.8 Å². The van der Waals surface area contributed by atoms with Gasteiger partial charge < -0.3 is 9.47 Å². The average Bonchev–Trinajstić information content (AvgIpc) is 2.85. The second-order valence-corrected chi connectivity index (χ2v) is 7.08. The molecule has 20 heavy (non-hydrogen) atoms. The number of nitriles is 1. The third-order valence-electron chi connectivity index (χ3n) is 3.52. The molecule has 5 nitrogen and oxygen atoms in total. The van der Waals surface area contributed by atoms with Gasteiger partial charge in [-0.2, -0.15) is 5.26 Å². The summed E-state index contributed by atoms with van der Waals surface area (Å²) in [5.74, 6) is 0.371. The van der Waals surface area contributed by atoms with Crippen LogP contribution in [0.25, 0.3) is 0 Å². The number of methoxy groups -OCH3 is 1. The maximum absolute atomic E-state index is 12.4. The molecule has 2 atom stereocenters. The van der Waals surface area contributed by atoms with E-state index < -0.39 is 15.1 Å². The summed E-state index contributed by atoms with van der Waals surface area (Å²) in [4.78, 5) is 0. The Labute approximate surface area is 119 Å². The van der Waals surface area contributed by atoms with Crippen LogP contribution in [0, 0.1) is 11.3 Å². The summed E-state index contributed by atoms with van der Waals surface area (Å²) in [5, 5.41) is 8.56. The van der Waals surface area contributed by atoms with Crippen molar-refractivity contribution in [2.45, 2.75) is 30.5 Å². The molecule has 0 bridgehead atoms. The standard InChI is InChI=1S/C14H17NO4S/c1-10-14(5-6-19-10)20(16,17)9-11-3-4-13(18-2)12(7-11)8-15/h3-4,7,10,14H,5-6,9H2,1-2H3. The molecule has 0 amide bonds. The van der Waals surface area contributed by atoms with E-state index in [4.69, 9.17) is 14.7 Å². The zero-order valence-electron chi connectivity index (χ0n) is 11.5. The Bertz CT molecular complexity index is 633. The smallest absolute Gasteiger partial charge is 0.159 e. The second kappa shape index (κ2) is 5.81. The van der Waals surface area contributed by atoms with E-state index in [2.05, 4.69) is 0 Å². The van der Waals surface area contributed by atoms with Crippen molar-refractivity contribution in [2.75, 3.05) is 13.7 Å². The van der Waals surface area contributed by atoms with Crippen molar-refractivity contribution in [1.82, 2.24) is 0 Å². The molecule has 2 unspecified atom stereocenters. The van der Waals surface area contributed by atoms with Gasteiger partial charge in [-0.15, -0.1) is 0 Å². The van der Waals surface area contributed by atoms with Gasteiger partial charge >= 0.3 is 0 Å². The third kappa shape index (κ3) is 2.94. The van der Waals surface area contributed by atoms with Crippen molar-refractivity contribution in [1.29, 1.82) is 5.26 Å². The van der Waals surface area contributed by atoms with E-state index >= 15 is 0 Å². The van der Waals surface area contributed by atoms with E-state index in [-0.39, 0.29) is 11.9 Å². The van der Waals surface area contributed by atoms with Crippen molar-refractivity contribution in [3.05, 3.63) is 29.3 Å². The van der Waals surface area contributed by atoms with Gasteiger partial charge in [0, 0.05) is 6.61 Å². The summed E-state index contributed by atoms with van der Waals surface area (Å²) in [7, 11) is -1.81. The number of hydrogen-bond acceptors (Lipinski definition) is 5. The minimum atomic E-state index is -3.28. The highest BCUT2D eigenvalue weighted by molar-refractivity contribution is 7.91. The molecule has 108 valence electrons. The molecule has 1 fully saturated rings. The van der Waals surface area contributed by atoms with Crippen LogP contribution in [-0.4, -0.2) is 33.5 Å². The molecule has 1 aromatic carbocycles. The minimum Gasteiger partial charge on any atom is -0.495 e. The highest BCUT2D eigenvalue weighted by Crippen LogP contribution is 2.26. The minimum absolute atomic E-state index is 0.0793. The lowest BCUT2D eigenvalue weighted by Gasteiger charge is -2.15. The lowest BCUT2D eigenvalue weighted by molar-refractivity contribution is 0.126. The predicted molar refractivity (Wildman–Crippen MR) is 74.2 cm³/mol. The number of hydrogen-bond donors (Lipinski definition) is 0. The molecule has 0 spiro atoms. The van der Waals surface area contributed by atoms with Crippen LogP contribution in [0.2, 0.25) is 0 Å². The molecule has 1 aromatic rings. The molecule has 6 heteroatoms. The molecular formula is C14H17NO4S. The van der Waals surface area contributed by atoms with Gasteiger partial charge in [0.05, 0.1) is 29.8 Å². The lowest BCUT2D eigenvalue weighted by atomic mass is 10.1. The van der Waals surface area contributed by atoms with Crippen LogP contribution in [0.15, 0.2) is 18.2 Å². The highest BCUT2D eigenvalue weighted by Gasteiger charge is 2.35. The Morgan fingerprint density at radius 2 is 2.25 bits per heavy atom. The second-order valence-electron chi connectivity index (χ2n) is 4.86. The first-order valence-electron chi connectivity index (χ1n) is 6.38. The fourth-order valence-corrected chi connectivity index (χ4v) is 4.43. The van der Waals surface area contributed by atoms with Crippen LogP contribution in [0.5, 0.6) is 5.75 Å². The summed E-state index contributed by atoms with van der Waals surface area (Å²) < 4.78 is 35.1. The van der Waals surface area contributed by atoms with Crippen molar-refractivity contribution in [2.24, 2.45) is 0 Å². The van der Waals surface area contributed by atoms with E-state index in [1.807, 2.05) is 6.07 Å². The summed E-state index contributed by atoms with van der Waals surface area (Å²) in [6.45, 7) is 2.26. The van der Waals surface area contributed by atoms with Crippen LogP contribution in [0.4, 0.5) is 0 Å². The molecule has 0 N–H and O–H groups in total. The summed E-state index contributed by atoms with van der Waals surface area (Å²) >= 11 is 0. The fraction of sp³-hybridized carbons (Fsp3) is 0.500. The maximum atomic E-state index is 12.4. The van der Waals surface area contributed by atoms with E-state index in [0.717, 1.165) is 0 Å². The number of sulfone groups is 1. The number of benzene rings is 1. The molecule has 0 aromatic heterocycles. The molecule has 1 heterocycles. The van der Waals surface area contributed by atoms with Gasteiger partial charge in [-0.25, -0.2) is 8.42 Å². The largest absolute Gasteiger partial charge is 0.495 e. The zero-order valence-corrected chi connectivity index (χ0v) is 12.3. The summed E-state index contributed by atoms with van der Waals surface area (Å²) in [6, 6.07) is 6.87. The molecule has 1 aliphatic rings. The molecule has 2 rings (SSSR count). The Morgan fingerprint density at radius 3 is 2.80 bits per heavy atom. The van der Waals surface area contributed by atoms with Gasteiger partial charge in [0.1, 0.15) is 11.8 Å². The number of ether oxygens (including phenoxy) is 2. The third-order valence-corrected chi connectivity index (χ3v) is 5.80. The Balaban J connectivity index is 2.24. The van der Waals surface area contributed by atoms with E-state index in [9.17, 15) is 8.42 Å². The first kappa shape index (κ1) is 14.8. The van der Waals surface area contributed by atoms with Crippen LogP contribution in [-0.2, 0) is 20.3 Å². The van der Waals surface area contributed by atoms with Gasteiger partial charge in [-0.05, 0) is 31.0 Å². The molecule has 0 radical (unpaired) electrons. The maximum Gasteiger partial charge on any atom is 0.159 e. The predicted octanol–water partition coefficient (Wildman–Crippen LogP) is 1.66. The van der Waals surface area contributed by atoms with Crippen LogP contribution >= 0.6 is 0 Å². The summed E-state index contributed by atoms with van der Waals surface area (Å²) in [6.07, 6.45) is 0.263. The normalized spacial score (nSPS) is 22.4. The Morgan fingerprint density at radius 1 is 1.50 bits per heavy atom. The first-order valence-corrected chi connectivity index (χ1v) is 8.09. The summed E-state index contributed by atoms with van der Waals surface area (Å²) in [5.41, 5.74) is 0.942. The van der Waals surface area contributed by atoms with Crippen LogP contribution in [0.3, 0.4) is 0 Å². The quantitative estimate of drug-likeness (QED) is 0.844. The number of nitrogens with zero attached hydrogens (tertiary/aromatic N) is 1. The van der Waals surface area contributed by atoms with Crippen molar-refractivity contribution in [3.63, 3.8) is 0 Å². The lowest BCUT2D eigenvalue weighted by Crippen LogP contribution is -2.29. The van der Waals surface area contributed by atoms with Gasteiger partial charge in [0.2, 0.25) is 0 Å². The monoisotopic (exact) mass is 295 g/mol. The van der Waals surface area contributed by atoms with Crippen LogP contribution < -0.4 is 4.74 Å². The van der Waals surface area contributed by atoms with Gasteiger partial charge in [-0.1, -0.05) is 6.07 Å². The molecular weight excluding hydrogens is 278 g/mol. The fourth-order valence-electron chi connectivity index (χ4n) is 2.46. The van der Waals surface area contributed by atoms with Crippen molar-refractivity contribution < 1.29 is 17.9 Å². The van der Waals surface area contributed by atoms with Gasteiger partial charge in [0.25, 0.3) is 0 Å². The van der Waals surface area contributed by atoms with Crippen molar-refractivity contribution >= 4 is 9.84 Å². The Hall–Kier alpha value is -1.58. The van der Waals surface area contributed by atoms with Gasteiger partial charge in [0.15, 0.2) is 9.84 Å². The van der Waals surface area contributed by atoms with E-state index in [1.54, 1.807) is 25.1 Å². The average molecular weight is 295 g/mol. The van der Waals surface area contributed by atoms with E-state index in [0.29, 0.717) is 29.9 Å². The molecule has 1 saturated heterocycles. The first-order chi connectivity index (χ1) is 9.47. The van der Waals surface area contributed by atoms with Gasteiger partial charge in [-0.3, -0.25) is 0 Å². The molecule has 0 aliphatic carbocycles. The van der Waals surface area contributed by atoms with Crippen LogP contribution in [0.1, 0.15) is 24.5 Å². The SMILES string of the molecule is COc1ccc(CS(=O)(=O)C2CCOC2C)cc1C#N. The zero-order chi connectivity index (χ0) is 14.8. The highest BCUT2D eigenvalue weighted by atomic mass is 32.2. The topological polar surface area (TPSA) is 76.4 Å². The van der Waals surface area contributed by atoms with E-state index in [1.165, 1.54) is 7.11 Å².